The molecule has 0 saturated carbocycles. The largest absolute Gasteiger partial charge is 0.456 e. The smallest absolute Gasteiger partial charge is 0.308 e. The number of pyridine rings is 1. The van der Waals surface area contributed by atoms with Crippen LogP contribution < -0.4 is 5.32 Å². The molecule has 1 aromatic heterocycles. The molecule has 2 atom stereocenters. The molecule has 3 amide bonds. The van der Waals surface area contributed by atoms with Crippen LogP contribution in [0.25, 0.3) is 0 Å². The van der Waals surface area contributed by atoms with Gasteiger partial charge in [0.2, 0.25) is 11.8 Å². The van der Waals surface area contributed by atoms with Gasteiger partial charge in [-0.25, -0.2) is 4.98 Å². The molecule has 1 saturated heterocycles. The standard InChI is InChI=1S/C18H17Cl2N3O5/c19-10-7-13(20)16(21-8-10)22-14(24)9-28-15(25)5-6-23-17(26)11-3-1-2-4-12(11)18(23)27/h1-2,7-8,11-12H,3-6,9H2,(H,21,22,24)/t11-,12+. The third-order valence-electron chi connectivity index (χ3n) is 4.57. The maximum absolute atomic E-state index is 12.3. The van der Waals surface area contributed by atoms with Gasteiger partial charge in [0.05, 0.1) is 28.3 Å². The number of nitrogens with one attached hydrogen (secondary N) is 1. The fourth-order valence-electron chi connectivity index (χ4n) is 3.19. The summed E-state index contributed by atoms with van der Waals surface area (Å²) in [5.74, 6) is -2.42. The number of imide groups is 1. The highest BCUT2D eigenvalue weighted by Crippen LogP contribution is 2.35. The van der Waals surface area contributed by atoms with Crippen molar-refractivity contribution in [2.24, 2.45) is 11.8 Å². The summed E-state index contributed by atoms with van der Waals surface area (Å²) < 4.78 is 4.88. The van der Waals surface area contributed by atoms with Crippen molar-refractivity contribution in [3.63, 3.8) is 0 Å². The lowest BCUT2D eigenvalue weighted by molar-refractivity contribution is -0.148. The Morgan fingerprint density at radius 1 is 1.18 bits per heavy atom. The highest BCUT2D eigenvalue weighted by atomic mass is 35.5. The Labute approximate surface area is 170 Å². The topological polar surface area (TPSA) is 106 Å². The van der Waals surface area contributed by atoms with E-state index in [0.29, 0.717) is 17.9 Å². The number of hydrogen-bond acceptors (Lipinski definition) is 6. The first kappa shape index (κ1) is 20.3. The van der Waals surface area contributed by atoms with Gasteiger partial charge in [-0.1, -0.05) is 35.4 Å². The predicted molar refractivity (Wildman–Crippen MR) is 101 cm³/mol. The van der Waals surface area contributed by atoms with Crippen molar-refractivity contribution in [3.05, 3.63) is 34.5 Å². The van der Waals surface area contributed by atoms with Crippen LogP contribution in [0.15, 0.2) is 24.4 Å². The average Bonchev–Trinajstić information content (AvgIpc) is 2.91. The number of rotatable bonds is 6. The lowest BCUT2D eigenvalue weighted by Crippen LogP contribution is -2.33. The number of allylic oxidation sites excluding steroid dienone is 2. The van der Waals surface area contributed by atoms with E-state index in [4.69, 9.17) is 27.9 Å². The molecule has 3 rings (SSSR count). The second-order valence-electron chi connectivity index (χ2n) is 6.43. The van der Waals surface area contributed by atoms with Gasteiger partial charge in [-0.05, 0) is 18.9 Å². The Balaban J connectivity index is 1.44. The van der Waals surface area contributed by atoms with Crippen LogP contribution in [0.1, 0.15) is 19.3 Å². The van der Waals surface area contributed by atoms with Crippen LogP contribution in [0.5, 0.6) is 0 Å². The van der Waals surface area contributed by atoms with Crippen molar-refractivity contribution < 1.29 is 23.9 Å². The molecule has 2 heterocycles. The van der Waals surface area contributed by atoms with Crippen molar-refractivity contribution >= 4 is 52.7 Å². The van der Waals surface area contributed by atoms with Gasteiger partial charge in [0.15, 0.2) is 12.4 Å². The van der Waals surface area contributed by atoms with Crippen LogP contribution in [0.3, 0.4) is 0 Å². The fourth-order valence-corrected chi connectivity index (χ4v) is 3.61. The van der Waals surface area contributed by atoms with Gasteiger partial charge in [-0.2, -0.15) is 0 Å². The van der Waals surface area contributed by atoms with Crippen molar-refractivity contribution in [2.45, 2.75) is 19.3 Å². The summed E-state index contributed by atoms with van der Waals surface area (Å²) in [5.41, 5.74) is 0. The van der Waals surface area contributed by atoms with Gasteiger partial charge in [0.1, 0.15) is 0 Å². The number of aromatic nitrogens is 1. The summed E-state index contributed by atoms with van der Waals surface area (Å²) in [6.07, 6.45) is 5.99. The molecular formula is C18H17Cl2N3O5. The van der Waals surface area contributed by atoms with Gasteiger partial charge >= 0.3 is 5.97 Å². The number of carbonyl (C=O) groups excluding carboxylic acids is 4. The molecule has 1 aliphatic carbocycles. The zero-order chi connectivity index (χ0) is 20.3. The Bertz CT molecular complexity index is 832. The summed E-state index contributed by atoms with van der Waals surface area (Å²) >= 11 is 11.6. The first-order valence-corrected chi connectivity index (χ1v) is 9.39. The average molecular weight is 426 g/mol. The first-order valence-electron chi connectivity index (χ1n) is 8.63. The Morgan fingerprint density at radius 2 is 1.82 bits per heavy atom. The van der Waals surface area contributed by atoms with Crippen molar-refractivity contribution in [3.8, 4) is 0 Å². The fraction of sp³-hybridized carbons (Fsp3) is 0.389. The number of likely N-dealkylation sites (tertiary alicyclic amines) is 1. The summed E-state index contributed by atoms with van der Waals surface area (Å²) in [6, 6.07) is 1.41. The highest BCUT2D eigenvalue weighted by molar-refractivity contribution is 6.36. The van der Waals surface area contributed by atoms with E-state index >= 15 is 0 Å². The summed E-state index contributed by atoms with van der Waals surface area (Å²) in [5, 5.41) is 2.86. The summed E-state index contributed by atoms with van der Waals surface area (Å²) in [7, 11) is 0. The number of anilines is 1. The van der Waals surface area contributed by atoms with E-state index in [1.165, 1.54) is 12.3 Å². The van der Waals surface area contributed by atoms with E-state index < -0.39 is 18.5 Å². The summed E-state index contributed by atoms with van der Waals surface area (Å²) in [4.78, 5) is 53.3. The molecule has 28 heavy (non-hydrogen) atoms. The number of ether oxygens (including phenoxy) is 1. The SMILES string of the molecule is O=C(COC(=O)CCN1C(=O)[C@H]2CC=CC[C@H]2C1=O)Nc1ncc(Cl)cc1Cl. The third-order valence-corrected chi connectivity index (χ3v) is 5.06. The van der Waals surface area contributed by atoms with E-state index in [1.54, 1.807) is 0 Å². The molecular weight excluding hydrogens is 409 g/mol. The van der Waals surface area contributed by atoms with Crippen LogP contribution in [0, 0.1) is 11.8 Å². The number of fused-ring (bicyclic) bond motifs is 1. The van der Waals surface area contributed by atoms with E-state index in [0.717, 1.165) is 4.90 Å². The number of carbonyl (C=O) groups is 4. The molecule has 0 unspecified atom stereocenters. The van der Waals surface area contributed by atoms with Gasteiger partial charge in [-0.3, -0.25) is 24.1 Å². The van der Waals surface area contributed by atoms with E-state index in [1.807, 2.05) is 12.2 Å². The minimum absolute atomic E-state index is 0.0598. The van der Waals surface area contributed by atoms with Crippen molar-refractivity contribution in [1.29, 1.82) is 0 Å². The van der Waals surface area contributed by atoms with Gasteiger partial charge in [0.25, 0.3) is 5.91 Å². The van der Waals surface area contributed by atoms with Crippen LogP contribution in [0.2, 0.25) is 10.0 Å². The second kappa shape index (κ2) is 8.70. The first-order chi connectivity index (χ1) is 13.4. The van der Waals surface area contributed by atoms with Crippen molar-refractivity contribution in [1.82, 2.24) is 9.88 Å². The molecule has 8 nitrogen and oxygen atoms in total. The van der Waals surface area contributed by atoms with Gasteiger partial charge in [0, 0.05) is 12.7 Å². The zero-order valence-corrected chi connectivity index (χ0v) is 16.2. The van der Waals surface area contributed by atoms with Gasteiger partial charge < -0.3 is 10.1 Å². The number of hydrogen-bond donors (Lipinski definition) is 1. The van der Waals surface area contributed by atoms with Crippen LogP contribution >= 0.6 is 23.2 Å². The molecule has 10 heteroatoms. The maximum atomic E-state index is 12.3. The molecule has 1 fully saturated rings. The monoisotopic (exact) mass is 425 g/mol. The summed E-state index contributed by atoms with van der Waals surface area (Å²) in [6.45, 7) is -0.605. The Morgan fingerprint density at radius 3 is 2.43 bits per heavy atom. The van der Waals surface area contributed by atoms with Crippen LogP contribution in [-0.2, 0) is 23.9 Å². The highest BCUT2D eigenvalue weighted by Gasteiger charge is 2.46. The predicted octanol–water partition coefficient (Wildman–Crippen LogP) is 2.21. The minimum Gasteiger partial charge on any atom is -0.456 e. The minimum atomic E-state index is -0.695. The van der Waals surface area contributed by atoms with Gasteiger partial charge in [-0.15, -0.1) is 0 Å². The molecule has 0 spiro atoms. The van der Waals surface area contributed by atoms with E-state index in [-0.39, 0.29) is 47.5 Å². The molecule has 1 aliphatic heterocycles. The molecule has 0 radical (unpaired) electrons. The molecule has 0 aromatic carbocycles. The number of halogens is 2. The molecule has 1 N–H and O–H groups in total. The maximum Gasteiger partial charge on any atom is 0.308 e. The molecule has 2 aliphatic rings. The number of nitrogens with zero attached hydrogens (tertiary/aromatic N) is 2. The number of amides is 3. The zero-order valence-electron chi connectivity index (χ0n) is 14.7. The van der Waals surface area contributed by atoms with E-state index in [2.05, 4.69) is 10.3 Å². The third kappa shape index (κ3) is 4.51. The van der Waals surface area contributed by atoms with Crippen LogP contribution in [-0.4, -0.2) is 46.7 Å². The van der Waals surface area contributed by atoms with E-state index in [9.17, 15) is 19.2 Å². The second-order valence-corrected chi connectivity index (χ2v) is 7.27. The molecule has 0 bridgehead atoms. The van der Waals surface area contributed by atoms with Crippen molar-refractivity contribution in [2.75, 3.05) is 18.5 Å². The quantitative estimate of drug-likeness (QED) is 0.425. The lowest BCUT2D eigenvalue weighted by Gasteiger charge is -2.14. The molecule has 1 aromatic rings. The number of esters is 1. The Hall–Kier alpha value is -2.45. The Kier molecular flexibility index (Phi) is 6.31. The lowest BCUT2D eigenvalue weighted by atomic mass is 9.85. The van der Waals surface area contributed by atoms with Crippen LogP contribution in [0.4, 0.5) is 5.82 Å². The molecule has 148 valence electrons. The normalized spacial score (nSPS) is 20.9.